The summed E-state index contributed by atoms with van der Waals surface area (Å²) in [6, 6.07) is 10.6. The molecule has 0 saturated carbocycles. The lowest BCUT2D eigenvalue weighted by molar-refractivity contribution is 0.197. The molecule has 1 aromatic rings. The summed E-state index contributed by atoms with van der Waals surface area (Å²) >= 11 is 1.96. The summed E-state index contributed by atoms with van der Waals surface area (Å²) in [6.45, 7) is 5.11. The van der Waals surface area contributed by atoms with E-state index >= 15 is 0 Å². The van der Waals surface area contributed by atoms with Gasteiger partial charge in [0.2, 0.25) is 0 Å². The minimum Gasteiger partial charge on any atom is -0.496 e. The van der Waals surface area contributed by atoms with Crippen molar-refractivity contribution in [3.05, 3.63) is 47.7 Å². The molecule has 0 bridgehead atoms. The quantitative estimate of drug-likeness (QED) is 0.715. The molecule has 1 nitrogen and oxygen atoms in total. The van der Waals surface area contributed by atoms with E-state index in [0.29, 0.717) is 0 Å². The lowest BCUT2D eigenvalue weighted by Crippen LogP contribution is -2.28. The zero-order valence-electron chi connectivity index (χ0n) is 9.19. The van der Waals surface area contributed by atoms with Crippen LogP contribution in [0.15, 0.2) is 42.2 Å². The molecule has 1 heterocycles. The van der Waals surface area contributed by atoms with Crippen molar-refractivity contribution in [1.29, 1.82) is 0 Å². The number of rotatable bonds is 1. The standard InChI is InChI=1S/C13H16OS/c1-3-12-13(2,15-10-9-14-12)11-7-5-4-6-8-11/h3-8H,9-10H2,1-2H3/b12-3-. The van der Waals surface area contributed by atoms with Gasteiger partial charge in [-0.25, -0.2) is 0 Å². The Hall–Kier alpha value is -0.890. The van der Waals surface area contributed by atoms with Crippen molar-refractivity contribution in [2.75, 3.05) is 12.4 Å². The van der Waals surface area contributed by atoms with Gasteiger partial charge in [-0.05, 0) is 25.5 Å². The Labute approximate surface area is 95.5 Å². The minimum atomic E-state index is -0.00569. The first-order valence-corrected chi connectivity index (χ1v) is 6.25. The fraction of sp³-hybridized carbons (Fsp3) is 0.385. The van der Waals surface area contributed by atoms with Crippen molar-refractivity contribution >= 4 is 11.8 Å². The molecule has 1 unspecified atom stereocenters. The van der Waals surface area contributed by atoms with Crippen LogP contribution in [0.5, 0.6) is 0 Å². The molecule has 2 heteroatoms. The van der Waals surface area contributed by atoms with E-state index in [2.05, 4.69) is 43.3 Å². The lowest BCUT2D eigenvalue weighted by Gasteiger charge is -2.36. The van der Waals surface area contributed by atoms with E-state index in [-0.39, 0.29) is 4.75 Å². The van der Waals surface area contributed by atoms with Crippen LogP contribution in [0, 0.1) is 0 Å². The average Bonchev–Trinajstić information content (AvgIpc) is 2.31. The van der Waals surface area contributed by atoms with Gasteiger partial charge in [0, 0.05) is 5.75 Å². The van der Waals surface area contributed by atoms with Crippen LogP contribution in [0.1, 0.15) is 19.4 Å². The third kappa shape index (κ3) is 1.91. The third-order valence-electron chi connectivity index (χ3n) is 2.79. The molecule has 0 aliphatic carbocycles. The van der Waals surface area contributed by atoms with Crippen LogP contribution in [0.2, 0.25) is 0 Å². The van der Waals surface area contributed by atoms with E-state index in [4.69, 9.17) is 4.74 Å². The van der Waals surface area contributed by atoms with E-state index in [0.717, 1.165) is 18.1 Å². The molecule has 0 radical (unpaired) electrons. The zero-order valence-corrected chi connectivity index (χ0v) is 10.0. The summed E-state index contributed by atoms with van der Waals surface area (Å²) in [7, 11) is 0. The Kier molecular flexibility index (Phi) is 3.06. The van der Waals surface area contributed by atoms with Crippen LogP contribution in [-0.2, 0) is 9.48 Å². The Bertz CT molecular complexity index is 358. The van der Waals surface area contributed by atoms with Gasteiger partial charge in [-0.3, -0.25) is 0 Å². The number of hydrogen-bond acceptors (Lipinski definition) is 2. The lowest BCUT2D eigenvalue weighted by atomic mass is 9.97. The number of benzene rings is 1. The van der Waals surface area contributed by atoms with Gasteiger partial charge in [-0.1, -0.05) is 30.3 Å². The van der Waals surface area contributed by atoms with Crippen LogP contribution in [0.3, 0.4) is 0 Å². The normalized spacial score (nSPS) is 28.8. The number of allylic oxidation sites excluding steroid dienone is 1. The van der Waals surface area contributed by atoms with Gasteiger partial charge in [-0.15, -0.1) is 11.8 Å². The molecular weight excluding hydrogens is 204 g/mol. The summed E-state index contributed by atoms with van der Waals surface area (Å²) in [5.41, 5.74) is 1.32. The highest BCUT2D eigenvalue weighted by molar-refractivity contribution is 8.00. The second kappa shape index (κ2) is 4.31. The second-order valence-electron chi connectivity index (χ2n) is 3.75. The summed E-state index contributed by atoms with van der Waals surface area (Å²) in [5.74, 6) is 2.15. The van der Waals surface area contributed by atoms with Crippen LogP contribution >= 0.6 is 11.8 Å². The summed E-state index contributed by atoms with van der Waals surface area (Å²) in [5, 5.41) is 0. The molecule has 0 amide bonds. The highest BCUT2D eigenvalue weighted by atomic mass is 32.2. The first-order valence-electron chi connectivity index (χ1n) is 5.26. The van der Waals surface area contributed by atoms with Crippen molar-refractivity contribution in [3.63, 3.8) is 0 Å². The molecule has 1 aromatic carbocycles. The van der Waals surface area contributed by atoms with Gasteiger partial charge < -0.3 is 4.74 Å². The zero-order chi connectivity index (χ0) is 10.7. The molecular formula is C13H16OS. The van der Waals surface area contributed by atoms with E-state index < -0.39 is 0 Å². The van der Waals surface area contributed by atoms with Gasteiger partial charge in [0.05, 0.1) is 11.4 Å². The van der Waals surface area contributed by atoms with Crippen molar-refractivity contribution in [2.45, 2.75) is 18.6 Å². The Balaban J connectivity index is 2.39. The summed E-state index contributed by atoms with van der Waals surface area (Å²) in [4.78, 5) is 0. The SMILES string of the molecule is C/C=C1\OCCSC1(C)c1ccccc1. The van der Waals surface area contributed by atoms with E-state index in [1.165, 1.54) is 5.56 Å². The van der Waals surface area contributed by atoms with Gasteiger partial charge in [0.1, 0.15) is 5.76 Å². The average molecular weight is 220 g/mol. The number of ether oxygens (including phenoxy) is 1. The highest BCUT2D eigenvalue weighted by Gasteiger charge is 2.35. The maximum absolute atomic E-state index is 5.74. The molecule has 1 fully saturated rings. The van der Waals surface area contributed by atoms with Gasteiger partial charge in [0.25, 0.3) is 0 Å². The predicted molar refractivity (Wildman–Crippen MR) is 66.0 cm³/mol. The number of thioether (sulfide) groups is 1. The Morgan fingerprint density at radius 1 is 1.33 bits per heavy atom. The van der Waals surface area contributed by atoms with Crippen LogP contribution in [0.4, 0.5) is 0 Å². The molecule has 1 saturated heterocycles. The topological polar surface area (TPSA) is 9.23 Å². The molecule has 15 heavy (non-hydrogen) atoms. The van der Waals surface area contributed by atoms with Crippen molar-refractivity contribution in [1.82, 2.24) is 0 Å². The first kappa shape index (κ1) is 10.6. The minimum absolute atomic E-state index is 0.00569. The molecule has 0 N–H and O–H groups in total. The van der Waals surface area contributed by atoms with Crippen LogP contribution in [0.25, 0.3) is 0 Å². The van der Waals surface area contributed by atoms with Crippen LogP contribution in [-0.4, -0.2) is 12.4 Å². The fourth-order valence-corrected chi connectivity index (χ4v) is 3.14. The highest BCUT2D eigenvalue weighted by Crippen LogP contribution is 2.45. The van der Waals surface area contributed by atoms with Crippen LogP contribution < -0.4 is 0 Å². The summed E-state index contributed by atoms with van der Waals surface area (Å²) in [6.07, 6.45) is 2.08. The van der Waals surface area contributed by atoms with Gasteiger partial charge in [0.15, 0.2) is 0 Å². The number of hydrogen-bond donors (Lipinski definition) is 0. The maximum Gasteiger partial charge on any atom is 0.112 e. The van der Waals surface area contributed by atoms with E-state index in [1.54, 1.807) is 0 Å². The first-order chi connectivity index (χ1) is 7.27. The molecule has 80 valence electrons. The van der Waals surface area contributed by atoms with Gasteiger partial charge in [-0.2, -0.15) is 0 Å². The van der Waals surface area contributed by atoms with Crippen molar-refractivity contribution < 1.29 is 4.74 Å². The van der Waals surface area contributed by atoms with Gasteiger partial charge >= 0.3 is 0 Å². The second-order valence-corrected chi connectivity index (χ2v) is 5.26. The monoisotopic (exact) mass is 220 g/mol. The third-order valence-corrected chi connectivity index (χ3v) is 4.17. The molecule has 0 aromatic heterocycles. The maximum atomic E-state index is 5.74. The molecule has 1 atom stereocenters. The van der Waals surface area contributed by atoms with E-state index in [9.17, 15) is 0 Å². The van der Waals surface area contributed by atoms with Crippen molar-refractivity contribution in [3.8, 4) is 0 Å². The Morgan fingerprint density at radius 2 is 2.07 bits per heavy atom. The van der Waals surface area contributed by atoms with E-state index in [1.807, 2.05) is 18.7 Å². The fourth-order valence-electron chi connectivity index (χ4n) is 1.95. The molecule has 2 rings (SSSR count). The molecule has 1 aliphatic rings. The smallest absolute Gasteiger partial charge is 0.112 e. The molecule has 0 spiro atoms. The largest absolute Gasteiger partial charge is 0.496 e. The molecule has 1 aliphatic heterocycles. The van der Waals surface area contributed by atoms with Crippen molar-refractivity contribution in [2.24, 2.45) is 0 Å². The Morgan fingerprint density at radius 3 is 2.73 bits per heavy atom. The predicted octanol–water partition coefficient (Wildman–Crippen LogP) is 3.57. The summed E-state index contributed by atoms with van der Waals surface area (Å²) < 4.78 is 5.73.